The maximum Gasteiger partial charge on any atom is 0.223 e. The van der Waals surface area contributed by atoms with Crippen molar-refractivity contribution in [2.24, 2.45) is 11.8 Å². The molecule has 4 heteroatoms. The molecule has 1 aliphatic rings. The first-order chi connectivity index (χ1) is 12.0. The van der Waals surface area contributed by atoms with Crippen LogP contribution in [-0.4, -0.2) is 13.0 Å². The SMILES string of the molecule is COc1cc(C)c2c(c1C)CC([C@H](C)C(=O)NCc1cccs1)CC2. The molecule has 1 amide bonds. The molecule has 1 aromatic carbocycles. The fourth-order valence-corrected chi connectivity index (χ4v) is 4.57. The van der Waals surface area contributed by atoms with Gasteiger partial charge < -0.3 is 10.1 Å². The minimum absolute atomic E-state index is 0.0269. The third-order valence-corrected chi connectivity index (χ3v) is 6.48. The maximum atomic E-state index is 12.6. The summed E-state index contributed by atoms with van der Waals surface area (Å²) in [6.07, 6.45) is 3.10. The van der Waals surface area contributed by atoms with E-state index in [9.17, 15) is 4.79 Å². The first kappa shape index (κ1) is 18.0. The zero-order chi connectivity index (χ0) is 18.0. The maximum absolute atomic E-state index is 12.6. The van der Waals surface area contributed by atoms with E-state index in [2.05, 4.69) is 38.2 Å². The number of hydrogen-bond acceptors (Lipinski definition) is 3. The van der Waals surface area contributed by atoms with Crippen LogP contribution in [0.1, 0.15) is 40.5 Å². The van der Waals surface area contributed by atoms with E-state index in [-0.39, 0.29) is 11.8 Å². The van der Waals surface area contributed by atoms with Crippen LogP contribution < -0.4 is 10.1 Å². The molecule has 3 rings (SSSR count). The van der Waals surface area contributed by atoms with Gasteiger partial charge in [-0.3, -0.25) is 4.79 Å². The first-order valence-corrected chi connectivity index (χ1v) is 9.85. The summed E-state index contributed by atoms with van der Waals surface area (Å²) in [6.45, 7) is 7.01. The number of aryl methyl sites for hydroxylation is 1. The van der Waals surface area contributed by atoms with Crippen molar-refractivity contribution >= 4 is 17.2 Å². The third-order valence-electron chi connectivity index (χ3n) is 5.60. The molecule has 25 heavy (non-hydrogen) atoms. The normalized spacial score (nSPS) is 17.7. The van der Waals surface area contributed by atoms with Crippen LogP contribution in [0, 0.1) is 25.7 Å². The number of amides is 1. The molecule has 2 atom stereocenters. The molecule has 1 unspecified atom stereocenters. The Bertz CT molecular complexity index is 752. The van der Waals surface area contributed by atoms with Gasteiger partial charge in [-0.05, 0) is 78.8 Å². The monoisotopic (exact) mass is 357 g/mol. The molecular weight excluding hydrogens is 330 g/mol. The molecule has 1 N–H and O–H groups in total. The highest BCUT2D eigenvalue weighted by atomic mass is 32.1. The Morgan fingerprint density at radius 1 is 1.40 bits per heavy atom. The predicted molar refractivity (Wildman–Crippen MR) is 103 cm³/mol. The topological polar surface area (TPSA) is 38.3 Å². The summed E-state index contributed by atoms with van der Waals surface area (Å²) in [7, 11) is 1.73. The zero-order valence-corrected chi connectivity index (χ0v) is 16.3. The van der Waals surface area contributed by atoms with E-state index in [1.165, 1.54) is 27.1 Å². The van der Waals surface area contributed by atoms with E-state index in [1.807, 2.05) is 11.4 Å². The number of benzene rings is 1. The summed E-state index contributed by atoms with van der Waals surface area (Å²) in [4.78, 5) is 13.8. The molecule has 2 aromatic rings. The van der Waals surface area contributed by atoms with E-state index >= 15 is 0 Å². The van der Waals surface area contributed by atoms with Gasteiger partial charge in [-0.25, -0.2) is 0 Å². The molecule has 0 saturated carbocycles. The van der Waals surface area contributed by atoms with E-state index in [1.54, 1.807) is 18.4 Å². The van der Waals surface area contributed by atoms with Gasteiger partial charge in [0.05, 0.1) is 13.7 Å². The minimum Gasteiger partial charge on any atom is -0.496 e. The first-order valence-electron chi connectivity index (χ1n) is 8.97. The van der Waals surface area contributed by atoms with E-state index < -0.39 is 0 Å². The zero-order valence-electron chi connectivity index (χ0n) is 15.5. The Labute approximate surface area is 154 Å². The Balaban J connectivity index is 1.71. The summed E-state index contributed by atoms with van der Waals surface area (Å²) in [6, 6.07) is 6.22. The lowest BCUT2D eigenvalue weighted by molar-refractivity contribution is -0.126. The number of carbonyl (C=O) groups excluding carboxylic acids is 1. The van der Waals surface area contributed by atoms with Crippen LogP contribution in [0.3, 0.4) is 0 Å². The predicted octanol–water partition coefficient (Wildman–Crippen LogP) is 4.43. The molecule has 0 radical (unpaired) electrons. The number of thiophene rings is 1. The summed E-state index contributed by atoms with van der Waals surface area (Å²) in [5.41, 5.74) is 5.40. The summed E-state index contributed by atoms with van der Waals surface area (Å²) < 4.78 is 5.54. The van der Waals surface area contributed by atoms with Gasteiger partial charge in [0.25, 0.3) is 0 Å². The lowest BCUT2D eigenvalue weighted by atomic mass is 9.74. The number of nitrogens with one attached hydrogen (secondary N) is 1. The Morgan fingerprint density at radius 2 is 2.20 bits per heavy atom. The van der Waals surface area contributed by atoms with Gasteiger partial charge in [0.15, 0.2) is 0 Å². The van der Waals surface area contributed by atoms with Crippen LogP contribution in [0.5, 0.6) is 5.75 Å². The molecule has 0 fully saturated rings. The fourth-order valence-electron chi connectivity index (χ4n) is 3.92. The van der Waals surface area contributed by atoms with Crippen LogP contribution in [0.25, 0.3) is 0 Å². The minimum atomic E-state index is 0.0269. The lowest BCUT2D eigenvalue weighted by Crippen LogP contribution is -2.35. The van der Waals surface area contributed by atoms with Gasteiger partial charge in [0.1, 0.15) is 5.75 Å². The van der Waals surface area contributed by atoms with E-state index in [0.717, 1.165) is 25.0 Å². The van der Waals surface area contributed by atoms with Crippen molar-refractivity contribution in [3.05, 3.63) is 50.7 Å². The molecule has 0 spiro atoms. The fraction of sp³-hybridized carbons (Fsp3) is 0.476. The van der Waals surface area contributed by atoms with Gasteiger partial charge in [-0.15, -0.1) is 11.3 Å². The second kappa shape index (κ2) is 7.61. The smallest absolute Gasteiger partial charge is 0.223 e. The van der Waals surface area contributed by atoms with Crippen molar-refractivity contribution in [3.8, 4) is 5.75 Å². The number of methoxy groups -OCH3 is 1. The van der Waals surface area contributed by atoms with Crippen LogP contribution in [0.15, 0.2) is 23.6 Å². The van der Waals surface area contributed by atoms with Crippen LogP contribution in [0.4, 0.5) is 0 Å². The molecule has 1 aliphatic carbocycles. The highest BCUT2D eigenvalue weighted by Crippen LogP contribution is 2.37. The number of hydrogen-bond donors (Lipinski definition) is 1. The average molecular weight is 358 g/mol. The number of fused-ring (bicyclic) bond motifs is 1. The number of carbonyl (C=O) groups is 1. The number of ether oxygens (including phenoxy) is 1. The van der Waals surface area contributed by atoms with Crippen molar-refractivity contribution in [3.63, 3.8) is 0 Å². The van der Waals surface area contributed by atoms with Crippen LogP contribution in [0.2, 0.25) is 0 Å². The van der Waals surface area contributed by atoms with Crippen molar-refractivity contribution < 1.29 is 9.53 Å². The van der Waals surface area contributed by atoms with Crippen LogP contribution in [-0.2, 0) is 24.2 Å². The lowest BCUT2D eigenvalue weighted by Gasteiger charge is -2.31. The molecule has 1 heterocycles. The largest absolute Gasteiger partial charge is 0.496 e. The van der Waals surface area contributed by atoms with Gasteiger partial charge in [-0.2, -0.15) is 0 Å². The van der Waals surface area contributed by atoms with Crippen molar-refractivity contribution in [1.29, 1.82) is 0 Å². The molecule has 1 aromatic heterocycles. The van der Waals surface area contributed by atoms with Gasteiger partial charge in [-0.1, -0.05) is 13.0 Å². The second-order valence-corrected chi connectivity index (χ2v) is 8.10. The Hall–Kier alpha value is -1.81. The van der Waals surface area contributed by atoms with Crippen molar-refractivity contribution in [1.82, 2.24) is 5.32 Å². The highest BCUT2D eigenvalue weighted by molar-refractivity contribution is 7.09. The van der Waals surface area contributed by atoms with Crippen LogP contribution >= 0.6 is 11.3 Å². The van der Waals surface area contributed by atoms with Crippen molar-refractivity contribution in [2.75, 3.05) is 7.11 Å². The molecule has 0 bridgehead atoms. The Morgan fingerprint density at radius 3 is 2.88 bits per heavy atom. The molecule has 0 saturated heterocycles. The van der Waals surface area contributed by atoms with Gasteiger partial charge >= 0.3 is 0 Å². The third kappa shape index (κ3) is 3.74. The van der Waals surface area contributed by atoms with E-state index in [4.69, 9.17) is 4.74 Å². The summed E-state index contributed by atoms with van der Waals surface area (Å²) in [5.74, 6) is 1.55. The van der Waals surface area contributed by atoms with Crippen molar-refractivity contribution in [2.45, 2.75) is 46.6 Å². The molecule has 0 aliphatic heterocycles. The van der Waals surface area contributed by atoms with Gasteiger partial charge in [0, 0.05) is 10.8 Å². The van der Waals surface area contributed by atoms with E-state index in [0.29, 0.717) is 12.5 Å². The highest BCUT2D eigenvalue weighted by Gasteiger charge is 2.30. The second-order valence-electron chi connectivity index (χ2n) is 7.07. The standard InChI is InChI=1S/C21H27NO2S/c1-13-10-20(24-4)15(3)19-11-16(7-8-18(13)19)14(2)21(23)22-12-17-6-5-9-25-17/h5-6,9-10,14,16H,7-8,11-12H2,1-4H3,(H,22,23)/t14-,16?/m0/s1. The van der Waals surface area contributed by atoms with Gasteiger partial charge in [0.2, 0.25) is 5.91 Å². The number of rotatable bonds is 5. The quantitative estimate of drug-likeness (QED) is 0.859. The molecule has 3 nitrogen and oxygen atoms in total. The summed E-state index contributed by atoms with van der Waals surface area (Å²) >= 11 is 1.68. The average Bonchev–Trinajstić information content (AvgIpc) is 3.15. The Kier molecular flexibility index (Phi) is 5.48. The molecule has 134 valence electrons. The molecular formula is C21H27NO2S. The summed E-state index contributed by atoms with van der Waals surface area (Å²) in [5, 5.41) is 5.14.